The summed E-state index contributed by atoms with van der Waals surface area (Å²) >= 11 is 3.04. The molecule has 98 valence electrons. The Morgan fingerprint density at radius 3 is 2.56 bits per heavy atom. The van der Waals surface area contributed by atoms with Gasteiger partial charge in [-0.1, -0.05) is 6.07 Å². The van der Waals surface area contributed by atoms with Gasteiger partial charge in [0.05, 0.1) is 16.1 Å². The Labute approximate surface area is 113 Å². The molecule has 0 atom stereocenters. The van der Waals surface area contributed by atoms with E-state index in [0.29, 0.717) is 0 Å². The summed E-state index contributed by atoms with van der Waals surface area (Å²) in [5, 5.41) is 10.7. The molecule has 0 unspecified atom stereocenters. The molecule has 0 heterocycles. The van der Waals surface area contributed by atoms with Gasteiger partial charge in [-0.25, -0.2) is 5.48 Å². The smallest absolute Gasteiger partial charge is 0.268 e. The molecule has 1 aromatic carbocycles. The molecule has 0 saturated carbocycles. The van der Waals surface area contributed by atoms with Crippen LogP contribution in [-0.2, 0) is 4.84 Å². The zero-order chi connectivity index (χ0) is 13.9. The van der Waals surface area contributed by atoms with E-state index < -0.39 is 16.4 Å². The van der Waals surface area contributed by atoms with Crippen LogP contribution in [0.2, 0.25) is 0 Å². The Morgan fingerprint density at radius 2 is 2.06 bits per heavy atom. The van der Waals surface area contributed by atoms with E-state index >= 15 is 0 Å². The van der Waals surface area contributed by atoms with E-state index in [-0.39, 0.29) is 15.7 Å². The van der Waals surface area contributed by atoms with E-state index in [4.69, 9.17) is 4.84 Å². The summed E-state index contributed by atoms with van der Waals surface area (Å²) in [4.78, 5) is 27.1. The molecule has 0 saturated heterocycles. The SMILES string of the molecule is CC(C)(C)ONC(=O)c1cccc([N+](=O)[O-])c1Br. The van der Waals surface area contributed by atoms with Gasteiger partial charge in [0, 0.05) is 6.07 Å². The van der Waals surface area contributed by atoms with Crippen molar-refractivity contribution in [1.82, 2.24) is 5.48 Å². The monoisotopic (exact) mass is 316 g/mol. The molecule has 18 heavy (non-hydrogen) atoms. The Kier molecular flexibility index (Phi) is 4.42. The summed E-state index contributed by atoms with van der Waals surface area (Å²) in [7, 11) is 0. The van der Waals surface area contributed by atoms with Crippen LogP contribution in [0.1, 0.15) is 31.1 Å². The Balaban J connectivity index is 2.93. The molecule has 0 bridgehead atoms. The number of nitro benzene ring substituents is 1. The Bertz CT molecular complexity index is 482. The fourth-order valence-electron chi connectivity index (χ4n) is 1.09. The first-order chi connectivity index (χ1) is 8.22. The highest BCUT2D eigenvalue weighted by Crippen LogP contribution is 2.28. The van der Waals surface area contributed by atoms with Crippen LogP contribution in [0.3, 0.4) is 0 Å². The predicted octanol–water partition coefficient (Wildman–Crippen LogP) is 2.82. The van der Waals surface area contributed by atoms with Gasteiger partial charge in [-0.15, -0.1) is 0 Å². The number of nitrogens with zero attached hydrogens (tertiary/aromatic N) is 1. The Hall–Kier alpha value is -1.47. The molecule has 0 aliphatic heterocycles. The lowest BCUT2D eigenvalue weighted by molar-refractivity contribution is -0.385. The van der Waals surface area contributed by atoms with Crippen molar-refractivity contribution in [1.29, 1.82) is 0 Å². The summed E-state index contributed by atoms with van der Waals surface area (Å²) in [6.45, 7) is 5.32. The van der Waals surface area contributed by atoms with Crippen LogP contribution in [-0.4, -0.2) is 16.4 Å². The van der Waals surface area contributed by atoms with Crippen molar-refractivity contribution in [2.45, 2.75) is 26.4 Å². The number of hydrogen-bond donors (Lipinski definition) is 1. The van der Waals surface area contributed by atoms with Crippen LogP contribution in [0, 0.1) is 10.1 Å². The molecule has 0 aromatic heterocycles. The lowest BCUT2D eigenvalue weighted by atomic mass is 10.2. The summed E-state index contributed by atoms with van der Waals surface area (Å²) in [5.74, 6) is -0.541. The molecule has 0 spiro atoms. The normalized spacial score (nSPS) is 11.1. The van der Waals surface area contributed by atoms with Crippen LogP contribution in [0.5, 0.6) is 0 Å². The fraction of sp³-hybridized carbons (Fsp3) is 0.364. The van der Waals surface area contributed by atoms with Crippen molar-refractivity contribution in [2.75, 3.05) is 0 Å². The predicted molar refractivity (Wildman–Crippen MR) is 69.1 cm³/mol. The maximum Gasteiger partial charge on any atom is 0.284 e. The molecule has 0 aliphatic rings. The first kappa shape index (κ1) is 14.6. The van der Waals surface area contributed by atoms with E-state index in [1.54, 1.807) is 20.8 Å². The number of nitrogens with one attached hydrogen (secondary N) is 1. The molecule has 7 heteroatoms. The minimum Gasteiger partial charge on any atom is -0.268 e. The van der Waals surface area contributed by atoms with E-state index in [1.807, 2.05) is 0 Å². The minimum absolute atomic E-state index is 0.130. The number of nitro groups is 1. The second kappa shape index (κ2) is 5.45. The number of benzene rings is 1. The van der Waals surface area contributed by atoms with Gasteiger partial charge in [0.2, 0.25) is 0 Å². The zero-order valence-corrected chi connectivity index (χ0v) is 11.8. The summed E-state index contributed by atoms with van der Waals surface area (Å²) < 4.78 is 0.130. The molecule has 0 aliphatic carbocycles. The molecule has 6 nitrogen and oxygen atoms in total. The third kappa shape index (κ3) is 3.78. The number of carbonyl (C=O) groups excluding carboxylic acids is 1. The second-order valence-electron chi connectivity index (χ2n) is 4.54. The molecular formula is C11H13BrN2O4. The van der Waals surface area contributed by atoms with Crippen LogP contribution in [0.25, 0.3) is 0 Å². The van der Waals surface area contributed by atoms with Crippen LogP contribution < -0.4 is 5.48 Å². The number of amides is 1. The van der Waals surface area contributed by atoms with Gasteiger partial charge in [-0.3, -0.25) is 19.7 Å². The van der Waals surface area contributed by atoms with Gasteiger partial charge in [0.25, 0.3) is 11.6 Å². The average Bonchev–Trinajstić information content (AvgIpc) is 2.24. The average molecular weight is 317 g/mol. The van der Waals surface area contributed by atoms with Crippen LogP contribution in [0.15, 0.2) is 22.7 Å². The number of carbonyl (C=O) groups is 1. The third-order valence-corrected chi connectivity index (χ3v) is 2.70. The van der Waals surface area contributed by atoms with Crippen molar-refractivity contribution >= 4 is 27.5 Å². The van der Waals surface area contributed by atoms with E-state index in [1.165, 1.54) is 18.2 Å². The highest BCUT2D eigenvalue weighted by molar-refractivity contribution is 9.10. The van der Waals surface area contributed by atoms with E-state index in [0.717, 1.165) is 0 Å². The van der Waals surface area contributed by atoms with Crippen molar-refractivity contribution in [3.05, 3.63) is 38.3 Å². The quantitative estimate of drug-likeness (QED) is 0.686. The van der Waals surface area contributed by atoms with Crippen molar-refractivity contribution in [3.8, 4) is 0 Å². The maximum atomic E-state index is 11.8. The van der Waals surface area contributed by atoms with Gasteiger partial charge in [0.1, 0.15) is 4.47 Å². The lowest BCUT2D eigenvalue weighted by Gasteiger charge is -2.19. The number of halogens is 1. The molecule has 0 fully saturated rings. The topological polar surface area (TPSA) is 81.5 Å². The number of hydroxylamine groups is 1. The van der Waals surface area contributed by atoms with Gasteiger partial charge in [-0.2, -0.15) is 0 Å². The minimum atomic E-state index is -0.564. The highest BCUT2D eigenvalue weighted by Gasteiger charge is 2.21. The second-order valence-corrected chi connectivity index (χ2v) is 5.33. The van der Waals surface area contributed by atoms with Gasteiger partial charge < -0.3 is 0 Å². The van der Waals surface area contributed by atoms with Gasteiger partial charge >= 0.3 is 0 Å². The van der Waals surface area contributed by atoms with Crippen molar-refractivity contribution in [3.63, 3.8) is 0 Å². The molecule has 1 N–H and O–H groups in total. The van der Waals surface area contributed by atoms with Crippen molar-refractivity contribution in [2.24, 2.45) is 0 Å². The van der Waals surface area contributed by atoms with Crippen molar-refractivity contribution < 1.29 is 14.6 Å². The van der Waals surface area contributed by atoms with Crippen LogP contribution >= 0.6 is 15.9 Å². The Morgan fingerprint density at radius 1 is 1.44 bits per heavy atom. The van der Waals surface area contributed by atoms with Crippen LogP contribution in [0.4, 0.5) is 5.69 Å². The lowest BCUT2D eigenvalue weighted by Crippen LogP contribution is -2.33. The molecule has 0 radical (unpaired) electrons. The largest absolute Gasteiger partial charge is 0.284 e. The maximum absolute atomic E-state index is 11.8. The zero-order valence-electron chi connectivity index (χ0n) is 10.2. The summed E-state index contributed by atoms with van der Waals surface area (Å²) in [6, 6.07) is 4.22. The molecular weight excluding hydrogens is 304 g/mol. The highest BCUT2D eigenvalue weighted by atomic mass is 79.9. The standard InChI is InChI=1S/C11H13BrN2O4/c1-11(2,3)18-13-10(15)7-5-4-6-8(9(7)12)14(16)17/h4-6H,1-3H3,(H,13,15). The molecule has 1 rings (SSSR count). The van der Waals surface area contributed by atoms with Gasteiger partial charge in [-0.05, 0) is 42.8 Å². The number of hydrogen-bond acceptors (Lipinski definition) is 4. The van der Waals surface area contributed by atoms with E-state index in [9.17, 15) is 14.9 Å². The number of rotatable bonds is 3. The summed E-state index contributed by atoms with van der Waals surface area (Å²) in [5.41, 5.74) is 1.69. The fourth-order valence-corrected chi connectivity index (χ4v) is 1.68. The molecule has 1 aromatic rings. The van der Waals surface area contributed by atoms with Gasteiger partial charge in [0.15, 0.2) is 0 Å². The first-order valence-electron chi connectivity index (χ1n) is 5.13. The first-order valence-corrected chi connectivity index (χ1v) is 5.93. The molecule has 1 amide bonds. The summed E-state index contributed by atoms with van der Waals surface area (Å²) in [6.07, 6.45) is 0. The van der Waals surface area contributed by atoms with E-state index in [2.05, 4.69) is 21.4 Å². The third-order valence-electron chi connectivity index (χ3n) is 1.87.